The number of benzene rings is 3. The van der Waals surface area contributed by atoms with Crippen LogP contribution in [0.15, 0.2) is 100 Å². The van der Waals surface area contributed by atoms with Crippen molar-refractivity contribution in [3.63, 3.8) is 0 Å². The molecule has 2 aliphatic rings. The van der Waals surface area contributed by atoms with E-state index in [9.17, 15) is 15.3 Å². The largest absolute Gasteiger partial charge is 0.507 e. The number of allylic oxidation sites excluding steroid dienone is 2. The van der Waals surface area contributed by atoms with Crippen LogP contribution in [0, 0.1) is 5.41 Å². The first-order chi connectivity index (χ1) is 17.0. The number of carbonyl (C=O) groups excluding carboxylic acids is 1. The molecule has 0 amide bonds. The molecule has 1 aliphatic heterocycles. The van der Waals surface area contributed by atoms with Gasteiger partial charge in [-0.15, -0.1) is 0 Å². The molecule has 1 heterocycles. The molecule has 0 aromatic heterocycles. The van der Waals surface area contributed by atoms with Crippen molar-refractivity contribution in [1.29, 1.82) is 5.41 Å². The molecule has 0 saturated heterocycles. The molecule has 1 aliphatic carbocycles. The summed E-state index contributed by atoms with van der Waals surface area (Å²) in [6.45, 7) is 0. The van der Waals surface area contributed by atoms with Crippen molar-refractivity contribution in [2.75, 3.05) is 12.0 Å². The van der Waals surface area contributed by atoms with Crippen molar-refractivity contribution in [2.45, 2.75) is 25.2 Å². The SMILES string of the molecule is COc1ccc([C@H]2C3=C(CCCC3=O)N(c3ccc(Br)cc3)C(=N)/C2=C(/O)c2ccccc2)cc1. The Balaban J connectivity index is 1.80. The molecule has 0 fully saturated rings. The fraction of sp³-hybridized carbons (Fsp3) is 0.172. The van der Waals surface area contributed by atoms with Gasteiger partial charge in [0.15, 0.2) is 5.78 Å². The van der Waals surface area contributed by atoms with Crippen molar-refractivity contribution in [2.24, 2.45) is 0 Å². The Bertz CT molecular complexity index is 1340. The summed E-state index contributed by atoms with van der Waals surface area (Å²) in [5.74, 6) is 0.382. The molecule has 2 N–H and O–H groups in total. The third kappa shape index (κ3) is 4.19. The number of aliphatic hydroxyl groups is 1. The van der Waals surface area contributed by atoms with Crippen LogP contribution in [0.2, 0.25) is 0 Å². The normalized spacial score (nSPS) is 19.5. The van der Waals surface area contributed by atoms with Crippen molar-refractivity contribution in [1.82, 2.24) is 0 Å². The molecule has 0 radical (unpaired) electrons. The summed E-state index contributed by atoms with van der Waals surface area (Å²) in [5.41, 5.74) is 4.13. The molecule has 176 valence electrons. The van der Waals surface area contributed by atoms with E-state index in [-0.39, 0.29) is 17.4 Å². The summed E-state index contributed by atoms with van der Waals surface area (Å²) in [5, 5.41) is 20.9. The third-order valence-corrected chi connectivity index (χ3v) is 7.12. The van der Waals surface area contributed by atoms with Gasteiger partial charge in [0.25, 0.3) is 0 Å². The number of nitrogens with zero attached hydrogens (tertiary/aromatic N) is 1. The summed E-state index contributed by atoms with van der Waals surface area (Å²) in [7, 11) is 1.61. The van der Waals surface area contributed by atoms with Gasteiger partial charge in [0.05, 0.1) is 7.11 Å². The highest BCUT2D eigenvalue weighted by molar-refractivity contribution is 9.10. The number of rotatable bonds is 4. The zero-order valence-electron chi connectivity index (χ0n) is 19.3. The van der Waals surface area contributed by atoms with E-state index in [0.717, 1.165) is 27.8 Å². The van der Waals surface area contributed by atoms with Crippen LogP contribution in [0.1, 0.15) is 36.3 Å². The van der Waals surface area contributed by atoms with Crippen LogP contribution in [0.4, 0.5) is 5.69 Å². The molecule has 0 saturated carbocycles. The van der Waals surface area contributed by atoms with Crippen molar-refractivity contribution >= 4 is 39.0 Å². The lowest BCUT2D eigenvalue weighted by Crippen LogP contribution is -2.42. The lowest BCUT2D eigenvalue weighted by atomic mass is 9.73. The zero-order valence-corrected chi connectivity index (χ0v) is 20.9. The highest BCUT2D eigenvalue weighted by Gasteiger charge is 2.43. The highest BCUT2D eigenvalue weighted by Crippen LogP contribution is 2.48. The van der Waals surface area contributed by atoms with Gasteiger partial charge < -0.3 is 9.84 Å². The molecular formula is C29H25BrN2O3. The van der Waals surface area contributed by atoms with E-state index in [1.54, 1.807) is 7.11 Å². The van der Waals surface area contributed by atoms with E-state index in [1.807, 2.05) is 83.8 Å². The van der Waals surface area contributed by atoms with Gasteiger partial charge in [-0.05, 0) is 54.8 Å². The molecule has 5 rings (SSSR count). The van der Waals surface area contributed by atoms with Gasteiger partial charge in [0.2, 0.25) is 0 Å². The summed E-state index contributed by atoms with van der Waals surface area (Å²) < 4.78 is 6.27. The Morgan fingerprint density at radius 1 is 1.00 bits per heavy atom. The molecule has 3 aromatic carbocycles. The first-order valence-corrected chi connectivity index (χ1v) is 12.3. The zero-order chi connectivity index (χ0) is 24.5. The Labute approximate surface area is 213 Å². The maximum atomic E-state index is 13.5. The van der Waals surface area contributed by atoms with Crippen molar-refractivity contribution in [3.8, 4) is 5.75 Å². The Hall–Kier alpha value is -3.64. The first-order valence-electron chi connectivity index (χ1n) is 11.5. The topological polar surface area (TPSA) is 73.6 Å². The summed E-state index contributed by atoms with van der Waals surface area (Å²) in [6.07, 6.45) is 1.87. The number of halogens is 1. The summed E-state index contributed by atoms with van der Waals surface area (Å²) in [4.78, 5) is 15.3. The van der Waals surface area contributed by atoms with E-state index in [4.69, 9.17) is 4.74 Å². The van der Waals surface area contributed by atoms with E-state index < -0.39 is 5.92 Å². The quantitative estimate of drug-likeness (QED) is 0.357. The van der Waals surface area contributed by atoms with Crippen LogP contribution in [-0.4, -0.2) is 23.8 Å². The monoisotopic (exact) mass is 528 g/mol. The molecule has 0 unspecified atom stereocenters. The Morgan fingerprint density at radius 2 is 1.69 bits per heavy atom. The molecular weight excluding hydrogens is 504 g/mol. The van der Waals surface area contributed by atoms with Crippen LogP contribution in [0.25, 0.3) is 5.76 Å². The molecule has 0 bridgehead atoms. The number of hydrogen-bond acceptors (Lipinski definition) is 4. The van der Waals surface area contributed by atoms with Crippen molar-refractivity contribution < 1.29 is 14.6 Å². The lowest BCUT2D eigenvalue weighted by molar-refractivity contribution is -0.116. The minimum absolute atomic E-state index is 0.00320. The average molecular weight is 529 g/mol. The maximum Gasteiger partial charge on any atom is 0.161 e. The second-order valence-corrected chi connectivity index (χ2v) is 9.55. The number of nitrogens with one attached hydrogen (secondary N) is 1. The Morgan fingerprint density at radius 3 is 2.34 bits per heavy atom. The van der Waals surface area contributed by atoms with Gasteiger partial charge in [0.1, 0.15) is 17.3 Å². The number of Topliss-reactive ketones (excluding diaryl/α,β-unsaturated/α-hetero) is 1. The van der Waals surface area contributed by atoms with Gasteiger partial charge in [0, 0.05) is 44.9 Å². The third-order valence-electron chi connectivity index (χ3n) is 6.59. The first kappa shape index (κ1) is 23.1. The minimum Gasteiger partial charge on any atom is -0.507 e. The highest BCUT2D eigenvalue weighted by atomic mass is 79.9. The smallest absolute Gasteiger partial charge is 0.161 e. The number of ketones is 1. The molecule has 3 aromatic rings. The van der Waals surface area contributed by atoms with Gasteiger partial charge in [-0.2, -0.15) is 0 Å². The lowest BCUT2D eigenvalue weighted by Gasteiger charge is -2.41. The summed E-state index contributed by atoms with van der Waals surface area (Å²) in [6, 6.07) is 24.4. The van der Waals surface area contributed by atoms with Crippen LogP contribution in [0.3, 0.4) is 0 Å². The van der Waals surface area contributed by atoms with E-state index in [0.29, 0.717) is 35.3 Å². The minimum atomic E-state index is -0.553. The number of amidine groups is 1. The van der Waals surface area contributed by atoms with E-state index in [2.05, 4.69) is 15.9 Å². The summed E-state index contributed by atoms with van der Waals surface area (Å²) >= 11 is 3.48. The second-order valence-electron chi connectivity index (χ2n) is 8.63. The fourth-order valence-electron chi connectivity index (χ4n) is 4.95. The Kier molecular flexibility index (Phi) is 6.31. The standard InChI is InChI=1S/C29H25BrN2O3/c1-35-22-16-10-18(11-17-22)25-26-23(8-5-9-24(26)33)32(21-14-12-20(30)13-15-21)29(31)27(25)28(34)19-6-3-2-4-7-19/h2-4,6-7,10-17,25,31,34H,5,8-9H2,1H3/b28-27+,31-29?/t25-/m0/s1. The van der Waals surface area contributed by atoms with Gasteiger partial charge >= 0.3 is 0 Å². The number of ether oxygens (including phenoxy) is 1. The number of methoxy groups -OCH3 is 1. The average Bonchev–Trinajstić information content (AvgIpc) is 2.89. The second kappa shape index (κ2) is 9.55. The molecule has 6 heteroatoms. The van der Waals surface area contributed by atoms with Gasteiger partial charge in [-0.25, -0.2) is 0 Å². The van der Waals surface area contributed by atoms with Crippen LogP contribution >= 0.6 is 15.9 Å². The molecule has 35 heavy (non-hydrogen) atoms. The number of aliphatic hydroxyl groups excluding tert-OH is 1. The van der Waals surface area contributed by atoms with Gasteiger partial charge in [-0.1, -0.05) is 58.4 Å². The van der Waals surface area contributed by atoms with Crippen molar-refractivity contribution in [3.05, 3.63) is 111 Å². The number of carbonyl (C=O) groups is 1. The van der Waals surface area contributed by atoms with E-state index >= 15 is 0 Å². The van der Waals surface area contributed by atoms with Gasteiger partial charge in [-0.3, -0.25) is 15.1 Å². The predicted octanol–water partition coefficient (Wildman–Crippen LogP) is 7.02. The maximum absolute atomic E-state index is 13.5. The van der Waals surface area contributed by atoms with Crippen LogP contribution in [-0.2, 0) is 4.79 Å². The van der Waals surface area contributed by atoms with Crippen LogP contribution < -0.4 is 9.64 Å². The molecule has 5 nitrogen and oxygen atoms in total. The molecule has 0 spiro atoms. The van der Waals surface area contributed by atoms with Crippen LogP contribution in [0.5, 0.6) is 5.75 Å². The predicted molar refractivity (Wildman–Crippen MR) is 142 cm³/mol. The fourth-order valence-corrected chi connectivity index (χ4v) is 5.21. The number of anilines is 1. The molecule has 1 atom stereocenters. The number of hydrogen-bond donors (Lipinski definition) is 2. The van der Waals surface area contributed by atoms with E-state index in [1.165, 1.54) is 0 Å².